The zero-order valence-corrected chi connectivity index (χ0v) is 9.61. The van der Waals surface area contributed by atoms with Crippen molar-refractivity contribution in [3.63, 3.8) is 0 Å². The van der Waals surface area contributed by atoms with E-state index in [1.807, 2.05) is 0 Å². The summed E-state index contributed by atoms with van der Waals surface area (Å²) in [5.41, 5.74) is 1.41. The van der Waals surface area contributed by atoms with Gasteiger partial charge in [0.25, 0.3) is 0 Å². The monoisotopic (exact) mass is 247 g/mol. The first-order valence-electron chi connectivity index (χ1n) is 4.79. The Labute approximate surface area is 96.6 Å². The van der Waals surface area contributed by atoms with Gasteiger partial charge < -0.3 is 10.1 Å². The van der Waals surface area contributed by atoms with Crippen molar-refractivity contribution in [1.29, 1.82) is 0 Å². The Morgan fingerprint density at radius 2 is 1.71 bits per heavy atom. The summed E-state index contributed by atoms with van der Waals surface area (Å²) in [6, 6.07) is 2.85. The molecule has 0 radical (unpaired) electrons. The highest BCUT2D eigenvalue weighted by molar-refractivity contribution is 5.95. The zero-order valence-electron chi connectivity index (χ0n) is 9.61. The molecule has 0 aromatic heterocycles. The van der Waals surface area contributed by atoms with Crippen molar-refractivity contribution in [1.82, 2.24) is 0 Å². The number of halogens is 3. The van der Waals surface area contributed by atoms with Crippen LogP contribution in [0.15, 0.2) is 12.1 Å². The number of ether oxygens (including phenoxy) is 1. The lowest BCUT2D eigenvalue weighted by Crippen LogP contribution is -2.29. The molecule has 0 unspecified atom stereocenters. The molecule has 1 N–H and O–H groups in total. The van der Waals surface area contributed by atoms with E-state index in [0.29, 0.717) is 16.9 Å². The predicted octanol–water partition coefficient (Wildman–Crippen LogP) is 2.81. The SMILES string of the molecule is COc1c(C)cc(NC(=O)C(F)(F)F)cc1C. The minimum Gasteiger partial charge on any atom is -0.496 e. The third-order valence-corrected chi connectivity index (χ3v) is 2.18. The normalized spacial score (nSPS) is 11.2. The zero-order chi connectivity index (χ0) is 13.2. The minimum atomic E-state index is -4.89. The van der Waals surface area contributed by atoms with E-state index in [4.69, 9.17) is 4.74 Å². The number of aryl methyl sites for hydroxylation is 2. The first-order valence-corrected chi connectivity index (χ1v) is 4.79. The quantitative estimate of drug-likeness (QED) is 0.872. The standard InChI is InChI=1S/C11H12F3NO2/c1-6-4-8(5-7(2)9(6)17-3)15-10(16)11(12,13)14/h4-5H,1-3H3,(H,15,16). The van der Waals surface area contributed by atoms with Crippen molar-refractivity contribution >= 4 is 11.6 Å². The van der Waals surface area contributed by atoms with Gasteiger partial charge in [-0.1, -0.05) is 0 Å². The Balaban J connectivity index is 2.99. The molecule has 1 aromatic carbocycles. The van der Waals surface area contributed by atoms with Crippen LogP contribution in [0.2, 0.25) is 0 Å². The van der Waals surface area contributed by atoms with E-state index in [2.05, 4.69) is 0 Å². The number of rotatable bonds is 2. The maximum absolute atomic E-state index is 12.0. The van der Waals surface area contributed by atoms with Crippen molar-refractivity contribution in [3.8, 4) is 5.75 Å². The number of hydrogen-bond acceptors (Lipinski definition) is 2. The Kier molecular flexibility index (Phi) is 3.65. The molecule has 1 aromatic rings. The summed E-state index contributed by atoms with van der Waals surface area (Å²) in [6.07, 6.45) is -4.89. The van der Waals surface area contributed by atoms with E-state index < -0.39 is 12.1 Å². The van der Waals surface area contributed by atoms with Crippen LogP contribution in [0.5, 0.6) is 5.75 Å². The van der Waals surface area contributed by atoms with Crippen molar-refractivity contribution < 1.29 is 22.7 Å². The van der Waals surface area contributed by atoms with Crippen LogP contribution in [-0.2, 0) is 4.79 Å². The number of methoxy groups -OCH3 is 1. The fraction of sp³-hybridized carbons (Fsp3) is 0.364. The molecule has 0 bridgehead atoms. The Bertz CT molecular complexity index is 418. The number of carbonyl (C=O) groups excluding carboxylic acids is 1. The summed E-state index contributed by atoms with van der Waals surface area (Å²) in [4.78, 5) is 10.7. The van der Waals surface area contributed by atoms with Gasteiger partial charge in [0.1, 0.15) is 5.75 Å². The van der Waals surface area contributed by atoms with Gasteiger partial charge in [0.2, 0.25) is 0 Å². The highest BCUT2D eigenvalue weighted by Gasteiger charge is 2.38. The second kappa shape index (κ2) is 4.65. The molecule has 0 aliphatic carbocycles. The van der Waals surface area contributed by atoms with Crippen LogP contribution >= 0.6 is 0 Å². The van der Waals surface area contributed by atoms with Crippen LogP contribution in [0.3, 0.4) is 0 Å². The molecule has 0 aliphatic heterocycles. The van der Waals surface area contributed by atoms with E-state index in [-0.39, 0.29) is 5.69 Å². The van der Waals surface area contributed by atoms with Gasteiger partial charge in [0, 0.05) is 5.69 Å². The predicted molar refractivity (Wildman–Crippen MR) is 57.2 cm³/mol. The largest absolute Gasteiger partial charge is 0.496 e. The third kappa shape index (κ3) is 3.12. The maximum atomic E-state index is 12.0. The van der Waals surface area contributed by atoms with Crippen molar-refractivity contribution in [3.05, 3.63) is 23.3 Å². The van der Waals surface area contributed by atoms with E-state index in [1.54, 1.807) is 19.2 Å². The number of benzene rings is 1. The summed E-state index contributed by atoms with van der Waals surface area (Å²) in [5.74, 6) is -1.39. The van der Waals surface area contributed by atoms with Crippen LogP contribution in [-0.4, -0.2) is 19.2 Å². The second-order valence-electron chi connectivity index (χ2n) is 3.60. The second-order valence-corrected chi connectivity index (χ2v) is 3.60. The smallest absolute Gasteiger partial charge is 0.471 e. The highest BCUT2D eigenvalue weighted by Crippen LogP contribution is 2.27. The Morgan fingerprint density at radius 1 is 1.24 bits per heavy atom. The van der Waals surface area contributed by atoms with Crippen molar-refractivity contribution in [2.24, 2.45) is 0 Å². The summed E-state index contributed by atoms with van der Waals surface area (Å²) < 4.78 is 41.2. The molecule has 0 aliphatic rings. The Morgan fingerprint density at radius 3 is 2.06 bits per heavy atom. The van der Waals surface area contributed by atoms with Gasteiger partial charge in [-0.15, -0.1) is 0 Å². The number of nitrogens with one attached hydrogen (secondary N) is 1. The summed E-state index contributed by atoms with van der Waals surface area (Å²) in [7, 11) is 1.48. The highest BCUT2D eigenvalue weighted by atomic mass is 19.4. The van der Waals surface area contributed by atoms with Gasteiger partial charge in [-0.25, -0.2) is 0 Å². The van der Waals surface area contributed by atoms with Gasteiger partial charge in [0.15, 0.2) is 0 Å². The van der Waals surface area contributed by atoms with Crippen molar-refractivity contribution in [2.75, 3.05) is 12.4 Å². The average Bonchev–Trinajstić information content (AvgIpc) is 2.15. The van der Waals surface area contributed by atoms with Gasteiger partial charge in [0.05, 0.1) is 7.11 Å². The van der Waals surface area contributed by atoms with E-state index in [9.17, 15) is 18.0 Å². The summed E-state index contributed by atoms with van der Waals surface area (Å²) >= 11 is 0. The third-order valence-electron chi connectivity index (χ3n) is 2.18. The molecule has 1 amide bonds. The fourth-order valence-electron chi connectivity index (χ4n) is 1.55. The number of alkyl halides is 3. The molecule has 0 saturated heterocycles. The molecule has 0 saturated carbocycles. The van der Waals surface area contributed by atoms with Gasteiger partial charge in [-0.2, -0.15) is 13.2 Å². The van der Waals surface area contributed by atoms with Gasteiger partial charge >= 0.3 is 12.1 Å². The lowest BCUT2D eigenvalue weighted by molar-refractivity contribution is -0.167. The lowest BCUT2D eigenvalue weighted by Gasteiger charge is -2.13. The van der Waals surface area contributed by atoms with E-state index in [1.165, 1.54) is 19.2 Å². The molecular formula is C11H12F3NO2. The van der Waals surface area contributed by atoms with Gasteiger partial charge in [-0.05, 0) is 37.1 Å². The molecular weight excluding hydrogens is 235 g/mol. The molecule has 94 valence electrons. The van der Waals surface area contributed by atoms with E-state index >= 15 is 0 Å². The maximum Gasteiger partial charge on any atom is 0.471 e. The van der Waals surface area contributed by atoms with Gasteiger partial charge in [-0.3, -0.25) is 4.79 Å². The number of carbonyl (C=O) groups is 1. The van der Waals surface area contributed by atoms with Crippen LogP contribution in [0.4, 0.5) is 18.9 Å². The van der Waals surface area contributed by atoms with Crippen LogP contribution in [0.1, 0.15) is 11.1 Å². The molecule has 0 heterocycles. The van der Waals surface area contributed by atoms with Crippen LogP contribution < -0.4 is 10.1 Å². The summed E-state index contributed by atoms with van der Waals surface area (Å²) in [6.45, 7) is 3.38. The number of amides is 1. The van der Waals surface area contributed by atoms with Crippen molar-refractivity contribution in [2.45, 2.75) is 20.0 Å². The molecule has 1 rings (SSSR count). The van der Waals surface area contributed by atoms with E-state index in [0.717, 1.165) is 0 Å². The molecule has 3 nitrogen and oxygen atoms in total. The molecule has 17 heavy (non-hydrogen) atoms. The summed E-state index contributed by atoms with van der Waals surface area (Å²) in [5, 5.41) is 1.80. The molecule has 6 heteroatoms. The first kappa shape index (κ1) is 13.3. The van der Waals surface area contributed by atoms with Crippen LogP contribution in [0, 0.1) is 13.8 Å². The molecule has 0 spiro atoms. The lowest BCUT2D eigenvalue weighted by atomic mass is 10.1. The minimum absolute atomic E-state index is 0.100. The molecule has 0 fully saturated rings. The topological polar surface area (TPSA) is 38.3 Å². The Hall–Kier alpha value is -1.72. The molecule has 0 atom stereocenters. The number of hydrogen-bond donors (Lipinski definition) is 1. The fourth-order valence-corrected chi connectivity index (χ4v) is 1.55. The average molecular weight is 247 g/mol. The van der Waals surface area contributed by atoms with Crippen LogP contribution in [0.25, 0.3) is 0 Å². The number of anilines is 1. The first-order chi connectivity index (χ1) is 7.75.